The first kappa shape index (κ1) is 12.7. The summed E-state index contributed by atoms with van der Waals surface area (Å²) in [7, 11) is 1.91. The van der Waals surface area contributed by atoms with Crippen LogP contribution in [-0.2, 0) is 11.8 Å². The van der Waals surface area contributed by atoms with Crippen molar-refractivity contribution < 1.29 is 9.90 Å². The molecule has 0 aromatic carbocycles. The van der Waals surface area contributed by atoms with Gasteiger partial charge in [-0.05, 0) is 12.3 Å². The Morgan fingerprint density at radius 2 is 2.19 bits per heavy atom. The molecule has 1 unspecified atom stereocenters. The first-order valence-corrected chi connectivity index (χ1v) is 5.69. The van der Waals surface area contributed by atoms with E-state index < -0.39 is 5.97 Å². The van der Waals surface area contributed by atoms with Gasteiger partial charge in [-0.3, -0.25) is 4.79 Å². The Labute approximate surface area is 96.3 Å². The number of aryl methyl sites for hydroxylation is 1. The number of aliphatic carboxylic acids is 1. The van der Waals surface area contributed by atoms with Crippen molar-refractivity contribution in [2.24, 2.45) is 13.0 Å². The van der Waals surface area contributed by atoms with E-state index in [1.54, 1.807) is 6.20 Å². The number of hydrogen-bond acceptors (Lipinski definition) is 2. The quantitative estimate of drug-likeness (QED) is 0.807. The maximum atomic E-state index is 10.8. The second-order valence-corrected chi connectivity index (χ2v) is 4.66. The van der Waals surface area contributed by atoms with Crippen LogP contribution in [0.15, 0.2) is 12.4 Å². The zero-order chi connectivity index (χ0) is 12.1. The minimum absolute atomic E-state index is 0.0277. The predicted octanol–water partition coefficient (Wildman–Crippen LogP) is 2.41. The van der Waals surface area contributed by atoms with Crippen LogP contribution in [0.25, 0.3) is 0 Å². The summed E-state index contributed by atoms with van der Waals surface area (Å²) in [6.07, 6.45) is 5.66. The number of nitrogens with zero attached hydrogens (tertiary/aromatic N) is 2. The van der Waals surface area contributed by atoms with Gasteiger partial charge in [0.25, 0.3) is 0 Å². The van der Waals surface area contributed by atoms with Gasteiger partial charge < -0.3 is 9.67 Å². The molecule has 1 heterocycles. The van der Waals surface area contributed by atoms with Crippen LogP contribution in [0.1, 0.15) is 44.9 Å². The summed E-state index contributed by atoms with van der Waals surface area (Å²) in [5.74, 6) is 0.747. The third kappa shape index (κ3) is 3.68. The molecule has 0 saturated heterocycles. The predicted molar refractivity (Wildman–Crippen MR) is 62.3 cm³/mol. The molecule has 1 aromatic rings. The van der Waals surface area contributed by atoms with E-state index in [4.69, 9.17) is 5.11 Å². The molecule has 1 rings (SSSR count). The molecule has 4 heteroatoms. The summed E-state index contributed by atoms with van der Waals surface area (Å²) in [4.78, 5) is 15.1. The van der Waals surface area contributed by atoms with Crippen LogP contribution in [0.5, 0.6) is 0 Å². The molecular weight excluding hydrogens is 204 g/mol. The standard InChI is InChI=1S/C12H20N2O2/c1-9(2)4-5-10(8-11(15)16)12-13-6-7-14(12)3/h6-7,9-10H,4-5,8H2,1-3H3,(H,15,16). The van der Waals surface area contributed by atoms with Crippen molar-refractivity contribution in [3.63, 3.8) is 0 Å². The van der Waals surface area contributed by atoms with Crippen molar-refractivity contribution >= 4 is 5.97 Å². The van der Waals surface area contributed by atoms with E-state index in [-0.39, 0.29) is 12.3 Å². The lowest BCUT2D eigenvalue weighted by Gasteiger charge is -2.15. The fourth-order valence-corrected chi connectivity index (χ4v) is 1.84. The van der Waals surface area contributed by atoms with Gasteiger partial charge in [0.2, 0.25) is 0 Å². The van der Waals surface area contributed by atoms with Gasteiger partial charge in [0, 0.05) is 25.4 Å². The average Bonchev–Trinajstić information content (AvgIpc) is 2.58. The van der Waals surface area contributed by atoms with Gasteiger partial charge in [-0.25, -0.2) is 4.98 Å². The molecule has 0 fully saturated rings. The third-order valence-corrected chi connectivity index (χ3v) is 2.74. The molecule has 1 aromatic heterocycles. The highest BCUT2D eigenvalue weighted by Gasteiger charge is 2.19. The Balaban J connectivity index is 2.71. The Morgan fingerprint density at radius 3 is 2.62 bits per heavy atom. The van der Waals surface area contributed by atoms with Crippen LogP contribution < -0.4 is 0 Å². The highest BCUT2D eigenvalue weighted by Crippen LogP contribution is 2.25. The minimum Gasteiger partial charge on any atom is -0.481 e. The molecule has 0 aliphatic heterocycles. The van der Waals surface area contributed by atoms with Crippen molar-refractivity contribution in [2.45, 2.75) is 39.0 Å². The molecule has 0 spiro atoms. The number of carbonyl (C=O) groups is 1. The van der Waals surface area contributed by atoms with E-state index in [0.717, 1.165) is 18.7 Å². The second kappa shape index (κ2) is 5.68. The van der Waals surface area contributed by atoms with Crippen LogP contribution in [0.3, 0.4) is 0 Å². The molecule has 0 amide bonds. The monoisotopic (exact) mass is 224 g/mol. The molecule has 0 bridgehead atoms. The topological polar surface area (TPSA) is 55.1 Å². The maximum Gasteiger partial charge on any atom is 0.304 e. The lowest BCUT2D eigenvalue weighted by Crippen LogP contribution is -2.12. The van der Waals surface area contributed by atoms with Gasteiger partial charge in [-0.1, -0.05) is 20.3 Å². The van der Waals surface area contributed by atoms with Crippen molar-refractivity contribution in [3.8, 4) is 0 Å². The van der Waals surface area contributed by atoms with Crippen LogP contribution in [0.4, 0.5) is 0 Å². The number of carboxylic acid groups (broad SMARTS) is 1. The maximum absolute atomic E-state index is 10.8. The minimum atomic E-state index is -0.753. The van der Waals surface area contributed by atoms with E-state index in [2.05, 4.69) is 18.8 Å². The summed E-state index contributed by atoms with van der Waals surface area (Å²) < 4.78 is 1.91. The van der Waals surface area contributed by atoms with Gasteiger partial charge in [-0.15, -0.1) is 0 Å². The molecular formula is C12H20N2O2. The smallest absolute Gasteiger partial charge is 0.304 e. The SMILES string of the molecule is CC(C)CCC(CC(=O)O)c1nccn1C. The van der Waals surface area contributed by atoms with E-state index in [1.165, 1.54) is 0 Å². The second-order valence-electron chi connectivity index (χ2n) is 4.66. The number of hydrogen-bond donors (Lipinski definition) is 1. The molecule has 0 aliphatic carbocycles. The molecule has 0 saturated carbocycles. The van der Waals surface area contributed by atoms with E-state index in [1.807, 2.05) is 17.8 Å². The largest absolute Gasteiger partial charge is 0.481 e. The van der Waals surface area contributed by atoms with Gasteiger partial charge in [0.05, 0.1) is 6.42 Å². The Hall–Kier alpha value is -1.32. The normalized spacial score (nSPS) is 13.0. The first-order valence-electron chi connectivity index (χ1n) is 5.69. The third-order valence-electron chi connectivity index (χ3n) is 2.74. The van der Waals surface area contributed by atoms with E-state index in [0.29, 0.717) is 5.92 Å². The summed E-state index contributed by atoms with van der Waals surface area (Å²) >= 11 is 0. The molecule has 1 N–H and O–H groups in total. The zero-order valence-corrected chi connectivity index (χ0v) is 10.2. The lowest BCUT2D eigenvalue weighted by atomic mass is 9.94. The molecule has 0 aliphatic rings. The summed E-state index contributed by atoms with van der Waals surface area (Å²) in [5.41, 5.74) is 0. The van der Waals surface area contributed by atoms with Gasteiger partial charge in [0.1, 0.15) is 5.82 Å². The number of aromatic nitrogens is 2. The summed E-state index contributed by atoms with van der Waals surface area (Å²) in [5, 5.41) is 8.90. The van der Waals surface area contributed by atoms with E-state index in [9.17, 15) is 4.79 Å². The summed E-state index contributed by atoms with van der Waals surface area (Å²) in [6, 6.07) is 0. The van der Waals surface area contributed by atoms with Gasteiger partial charge >= 0.3 is 5.97 Å². The lowest BCUT2D eigenvalue weighted by molar-refractivity contribution is -0.137. The number of carboxylic acids is 1. The van der Waals surface area contributed by atoms with Crippen LogP contribution in [0.2, 0.25) is 0 Å². The Kier molecular flexibility index (Phi) is 4.52. The number of imidazole rings is 1. The van der Waals surface area contributed by atoms with Crippen molar-refractivity contribution in [3.05, 3.63) is 18.2 Å². The van der Waals surface area contributed by atoms with Gasteiger partial charge in [-0.2, -0.15) is 0 Å². The van der Waals surface area contributed by atoms with Crippen LogP contribution in [-0.4, -0.2) is 20.6 Å². The van der Waals surface area contributed by atoms with Crippen LogP contribution in [0, 0.1) is 5.92 Å². The molecule has 1 atom stereocenters. The first-order chi connectivity index (χ1) is 7.50. The average molecular weight is 224 g/mol. The zero-order valence-electron chi connectivity index (χ0n) is 10.2. The molecule has 0 radical (unpaired) electrons. The highest BCUT2D eigenvalue weighted by atomic mass is 16.4. The van der Waals surface area contributed by atoms with Crippen LogP contribution >= 0.6 is 0 Å². The fraction of sp³-hybridized carbons (Fsp3) is 0.667. The van der Waals surface area contributed by atoms with E-state index >= 15 is 0 Å². The van der Waals surface area contributed by atoms with Crippen molar-refractivity contribution in [1.82, 2.24) is 9.55 Å². The highest BCUT2D eigenvalue weighted by molar-refractivity contribution is 5.67. The fourth-order valence-electron chi connectivity index (χ4n) is 1.84. The number of rotatable bonds is 6. The van der Waals surface area contributed by atoms with Gasteiger partial charge in [0.15, 0.2) is 0 Å². The van der Waals surface area contributed by atoms with Crippen molar-refractivity contribution in [1.29, 1.82) is 0 Å². The Morgan fingerprint density at radius 1 is 1.50 bits per heavy atom. The summed E-state index contributed by atoms with van der Waals surface area (Å²) in [6.45, 7) is 4.30. The Bertz CT molecular complexity index is 345. The molecule has 90 valence electrons. The molecule has 4 nitrogen and oxygen atoms in total. The molecule has 16 heavy (non-hydrogen) atoms. The van der Waals surface area contributed by atoms with Crippen molar-refractivity contribution in [2.75, 3.05) is 0 Å².